The van der Waals surface area contributed by atoms with E-state index in [4.69, 9.17) is 4.74 Å². The predicted octanol–water partition coefficient (Wildman–Crippen LogP) is 3.74. The molecule has 1 aromatic carbocycles. The molecule has 1 atom stereocenters. The zero-order valence-electron chi connectivity index (χ0n) is 13.8. The van der Waals surface area contributed by atoms with Gasteiger partial charge in [0.15, 0.2) is 0 Å². The lowest BCUT2D eigenvalue weighted by atomic mass is 10.0. The number of aliphatic hydroxyl groups is 1. The third kappa shape index (κ3) is 3.78. The maximum Gasteiger partial charge on any atom is 0.119 e. The molecule has 24 heavy (non-hydrogen) atoms. The SMILES string of the molecule is COc1cc(C)cc(C(O)Cc2cccc(-c3cccnc3)n2)c1. The molecule has 3 aromatic rings. The van der Waals surface area contributed by atoms with Crippen LogP contribution in [0.3, 0.4) is 0 Å². The topological polar surface area (TPSA) is 55.2 Å². The zero-order valence-corrected chi connectivity index (χ0v) is 13.8. The number of nitrogens with zero attached hydrogens (tertiary/aromatic N) is 2. The van der Waals surface area contributed by atoms with E-state index in [9.17, 15) is 5.11 Å². The summed E-state index contributed by atoms with van der Waals surface area (Å²) in [6, 6.07) is 15.5. The number of aryl methyl sites for hydroxylation is 1. The molecule has 1 unspecified atom stereocenters. The molecule has 122 valence electrons. The van der Waals surface area contributed by atoms with Crippen molar-refractivity contribution >= 4 is 0 Å². The second-order valence-electron chi connectivity index (χ2n) is 5.76. The molecule has 0 radical (unpaired) electrons. The highest BCUT2D eigenvalue weighted by Gasteiger charge is 2.12. The maximum absolute atomic E-state index is 10.6. The summed E-state index contributed by atoms with van der Waals surface area (Å²) in [5, 5.41) is 10.6. The fourth-order valence-electron chi connectivity index (χ4n) is 2.67. The summed E-state index contributed by atoms with van der Waals surface area (Å²) in [7, 11) is 1.63. The number of methoxy groups -OCH3 is 1. The van der Waals surface area contributed by atoms with Gasteiger partial charge in [-0.15, -0.1) is 0 Å². The first kappa shape index (κ1) is 16.1. The summed E-state index contributed by atoms with van der Waals surface area (Å²) in [5.41, 5.74) is 4.55. The predicted molar refractivity (Wildman–Crippen MR) is 93.9 cm³/mol. The molecule has 0 aliphatic carbocycles. The highest BCUT2D eigenvalue weighted by atomic mass is 16.5. The van der Waals surface area contributed by atoms with Crippen molar-refractivity contribution in [1.29, 1.82) is 0 Å². The number of aromatic nitrogens is 2. The molecule has 0 spiro atoms. The van der Waals surface area contributed by atoms with Crippen LogP contribution in [-0.4, -0.2) is 22.2 Å². The Kier molecular flexibility index (Phi) is 4.87. The summed E-state index contributed by atoms with van der Waals surface area (Å²) in [5.74, 6) is 0.751. The lowest BCUT2D eigenvalue weighted by molar-refractivity contribution is 0.177. The second-order valence-corrected chi connectivity index (χ2v) is 5.76. The van der Waals surface area contributed by atoms with Crippen LogP contribution in [0, 0.1) is 6.92 Å². The van der Waals surface area contributed by atoms with Gasteiger partial charge in [0.25, 0.3) is 0 Å². The smallest absolute Gasteiger partial charge is 0.119 e. The van der Waals surface area contributed by atoms with E-state index in [1.54, 1.807) is 19.5 Å². The number of rotatable bonds is 5. The van der Waals surface area contributed by atoms with Crippen LogP contribution >= 0.6 is 0 Å². The molecule has 2 aromatic heterocycles. The highest BCUT2D eigenvalue weighted by molar-refractivity contribution is 5.57. The summed E-state index contributed by atoms with van der Waals surface area (Å²) in [6.07, 6.45) is 3.34. The Bertz CT molecular complexity index is 819. The number of ether oxygens (including phenoxy) is 1. The van der Waals surface area contributed by atoms with Gasteiger partial charge in [-0.05, 0) is 54.4 Å². The maximum atomic E-state index is 10.6. The first-order valence-electron chi connectivity index (χ1n) is 7.85. The number of hydrogen-bond donors (Lipinski definition) is 1. The van der Waals surface area contributed by atoms with Gasteiger partial charge in [-0.3, -0.25) is 9.97 Å². The van der Waals surface area contributed by atoms with Crippen LogP contribution in [0.1, 0.15) is 22.9 Å². The van der Waals surface area contributed by atoms with E-state index >= 15 is 0 Å². The van der Waals surface area contributed by atoms with Crippen LogP contribution in [0.4, 0.5) is 0 Å². The number of hydrogen-bond acceptors (Lipinski definition) is 4. The van der Waals surface area contributed by atoms with Crippen molar-refractivity contribution in [2.45, 2.75) is 19.4 Å². The molecular weight excluding hydrogens is 300 g/mol. The molecule has 0 saturated carbocycles. The summed E-state index contributed by atoms with van der Waals surface area (Å²) >= 11 is 0. The molecule has 3 rings (SSSR count). The third-order valence-electron chi connectivity index (χ3n) is 3.86. The van der Waals surface area contributed by atoms with E-state index in [0.717, 1.165) is 33.8 Å². The minimum Gasteiger partial charge on any atom is -0.497 e. The molecule has 0 aliphatic heterocycles. The number of benzene rings is 1. The summed E-state index contributed by atoms with van der Waals surface area (Å²) < 4.78 is 5.28. The van der Waals surface area contributed by atoms with Crippen molar-refractivity contribution in [2.75, 3.05) is 7.11 Å². The molecule has 0 fully saturated rings. The molecule has 0 amide bonds. The average molecular weight is 320 g/mol. The van der Waals surface area contributed by atoms with Gasteiger partial charge in [0.2, 0.25) is 0 Å². The Balaban J connectivity index is 1.82. The van der Waals surface area contributed by atoms with E-state index in [1.165, 1.54) is 0 Å². The van der Waals surface area contributed by atoms with Crippen molar-refractivity contribution in [2.24, 2.45) is 0 Å². The van der Waals surface area contributed by atoms with Crippen LogP contribution < -0.4 is 4.74 Å². The van der Waals surface area contributed by atoms with Gasteiger partial charge >= 0.3 is 0 Å². The van der Waals surface area contributed by atoms with Crippen molar-refractivity contribution in [1.82, 2.24) is 9.97 Å². The van der Waals surface area contributed by atoms with Crippen molar-refractivity contribution in [3.63, 3.8) is 0 Å². The third-order valence-corrected chi connectivity index (χ3v) is 3.86. The Labute approximate surface area is 141 Å². The van der Waals surface area contributed by atoms with Crippen molar-refractivity contribution in [3.8, 4) is 17.0 Å². The Morgan fingerprint density at radius 1 is 1.12 bits per heavy atom. The molecule has 4 nitrogen and oxygen atoms in total. The average Bonchev–Trinajstić information content (AvgIpc) is 2.62. The van der Waals surface area contributed by atoms with Crippen molar-refractivity contribution < 1.29 is 9.84 Å². The molecule has 0 aliphatic rings. The van der Waals surface area contributed by atoms with E-state index in [-0.39, 0.29) is 0 Å². The molecule has 1 N–H and O–H groups in total. The highest BCUT2D eigenvalue weighted by Crippen LogP contribution is 2.25. The van der Waals surface area contributed by atoms with Crippen LogP contribution in [0.25, 0.3) is 11.3 Å². The van der Waals surface area contributed by atoms with Crippen LogP contribution in [0.15, 0.2) is 60.9 Å². The Hall–Kier alpha value is -2.72. The fourth-order valence-corrected chi connectivity index (χ4v) is 2.67. The number of aliphatic hydroxyl groups excluding tert-OH is 1. The molecule has 4 heteroatoms. The molecule has 0 bridgehead atoms. The van der Waals surface area contributed by atoms with Crippen LogP contribution in [0.2, 0.25) is 0 Å². The normalized spacial score (nSPS) is 12.0. The van der Waals surface area contributed by atoms with E-state index in [1.807, 2.05) is 55.5 Å². The Morgan fingerprint density at radius 2 is 2.00 bits per heavy atom. The quantitative estimate of drug-likeness (QED) is 0.778. The Morgan fingerprint density at radius 3 is 2.75 bits per heavy atom. The largest absolute Gasteiger partial charge is 0.497 e. The van der Waals surface area contributed by atoms with E-state index < -0.39 is 6.10 Å². The van der Waals surface area contributed by atoms with Gasteiger partial charge in [0, 0.05) is 30.1 Å². The van der Waals surface area contributed by atoms with Gasteiger partial charge in [-0.2, -0.15) is 0 Å². The minimum absolute atomic E-state index is 0.445. The monoisotopic (exact) mass is 320 g/mol. The standard InChI is InChI=1S/C20H20N2O2/c1-14-9-16(11-18(10-14)24-2)20(23)12-17-6-3-7-19(22-17)15-5-4-8-21-13-15/h3-11,13,20,23H,12H2,1-2H3. The van der Waals surface area contributed by atoms with Gasteiger partial charge in [-0.1, -0.05) is 12.1 Å². The first-order chi connectivity index (χ1) is 11.7. The molecule has 0 saturated heterocycles. The van der Waals surface area contributed by atoms with Gasteiger partial charge in [-0.25, -0.2) is 0 Å². The molecule has 2 heterocycles. The van der Waals surface area contributed by atoms with Gasteiger partial charge < -0.3 is 9.84 Å². The number of pyridine rings is 2. The van der Waals surface area contributed by atoms with E-state index in [2.05, 4.69) is 9.97 Å². The lowest BCUT2D eigenvalue weighted by Crippen LogP contribution is -2.04. The van der Waals surface area contributed by atoms with Crippen molar-refractivity contribution in [3.05, 3.63) is 77.7 Å². The second kappa shape index (κ2) is 7.23. The molecular formula is C20H20N2O2. The fraction of sp³-hybridized carbons (Fsp3) is 0.200. The van der Waals surface area contributed by atoms with Crippen LogP contribution in [0.5, 0.6) is 5.75 Å². The summed E-state index contributed by atoms with van der Waals surface area (Å²) in [4.78, 5) is 8.77. The zero-order chi connectivity index (χ0) is 16.9. The minimum atomic E-state index is -0.629. The van der Waals surface area contributed by atoms with E-state index in [0.29, 0.717) is 6.42 Å². The lowest BCUT2D eigenvalue weighted by Gasteiger charge is -2.13. The summed E-state index contributed by atoms with van der Waals surface area (Å²) in [6.45, 7) is 1.99. The van der Waals surface area contributed by atoms with Gasteiger partial charge in [0.1, 0.15) is 5.75 Å². The first-order valence-corrected chi connectivity index (χ1v) is 7.85. The van der Waals surface area contributed by atoms with Gasteiger partial charge in [0.05, 0.1) is 18.9 Å². The van der Waals surface area contributed by atoms with Crippen LogP contribution in [-0.2, 0) is 6.42 Å².